The van der Waals surface area contributed by atoms with Crippen molar-refractivity contribution in [3.05, 3.63) is 57.9 Å². The quantitative estimate of drug-likeness (QED) is 0.576. The van der Waals surface area contributed by atoms with Crippen LogP contribution < -0.4 is 15.4 Å². The first-order chi connectivity index (χ1) is 13.6. The minimum Gasteiger partial charge on any atom is -0.363 e. The number of rotatable bonds is 3. The zero-order chi connectivity index (χ0) is 19.3. The number of halogens is 1. The van der Waals surface area contributed by atoms with E-state index in [1.165, 1.54) is 12.4 Å². The third kappa shape index (κ3) is 2.86. The van der Waals surface area contributed by atoms with Gasteiger partial charge in [-0.15, -0.1) is 0 Å². The van der Waals surface area contributed by atoms with Crippen LogP contribution in [-0.2, 0) is 7.05 Å². The Hall–Kier alpha value is -2.81. The maximum absolute atomic E-state index is 12.5. The molecule has 3 aromatic rings. The number of nitrogens with zero attached hydrogens (tertiary/aromatic N) is 7. The molecule has 2 fully saturated rings. The van der Waals surface area contributed by atoms with E-state index in [4.69, 9.17) is 4.98 Å². The van der Waals surface area contributed by atoms with Crippen LogP contribution in [-0.4, -0.2) is 49.7 Å². The number of anilines is 2. The molecule has 0 amide bonds. The second-order valence-corrected chi connectivity index (χ2v) is 7.93. The molecule has 3 aromatic heterocycles. The van der Waals surface area contributed by atoms with Crippen molar-refractivity contribution in [2.24, 2.45) is 7.05 Å². The molecule has 2 bridgehead atoms. The molecule has 9 heteroatoms. The summed E-state index contributed by atoms with van der Waals surface area (Å²) >= 11 is 3.39. The van der Waals surface area contributed by atoms with E-state index in [0.29, 0.717) is 29.4 Å². The molecule has 2 aliphatic heterocycles. The molecule has 28 heavy (non-hydrogen) atoms. The van der Waals surface area contributed by atoms with Gasteiger partial charge in [-0.05, 0) is 40.5 Å². The molecule has 0 N–H and O–H groups in total. The zero-order valence-electron chi connectivity index (χ0n) is 15.2. The minimum atomic E-state index is -0.0876. The lowest BCUT2D eigenvalue weighted by atomic mass is 10.2. The van der Waals surface area contributed by atoms with Crippen molar-refractivity contribution in [1.29, 1.82) is 0 Å². The van der Waals surface area contributed by atoms with E-state index in [9.17, 15) is 4.79 Å². The smallest absolute Gasteiger partial charge is 0.255 e. The van der Waals surface area contributed by atoms with Crippen molar-refractivity contribution in [2.45, 2.75) is 18.5 Å². The molecule has 5 heterocycles. The summed E-state index contributed by atoms with van der Waals surface area (Å²) in [5.41, 5.74) is 2.28. The Morgan fingerprint density at radius 2 is 1.89 bits per heavy atom. The molecule has 2 aliphatic rings. The lowest BCUT2D eigenvalue weighted by molar-refractivity contribution is 0.614. The van der Waals surface area contributed by atoms with Gasteiger partial charge in [0.15, 0.2) is 0 Å². The van der Waals surface area contributed by atoms with E-state index in [2.05, 4.69) is 46.7 Å². The van der Waals surface area contributed by atoms with Gasteiger partial charge in [-0.3, -0.25) is 9.36 Å². The van der Waals surface area contributed by atoms with Crippen molar-refractivity contribution in [3.63, 3.8) is 0 Å². The van der Waals surface area contributed by atoms with Crippen molar-refractivity contribution < 1.29 is 0 Å². The summed E-state index contributed by atoms with van der Waals surface area (Å²) in [6, 6.07) is 8.05. The van der Waals surface area contributed by atoms with Gasteiger partial charge in [-0.1, -0.05) is 0 Å². The fourth-order valence-corrected chi connectivity index (χ4v) is 4.36. The van der Waals surface area contributed by atoms with E-state index in [1.807, 2.05) is 12.3 Å². The fraction of sp³-hybridized carbons (Fsp3) is 0.316. The van der Waals surface area contributed by atoms with E-state index in [1.54, 1.807) is 23.9 Å². The Kier molecular flexibility index (Phi) is 4.12. The summed E-state index contributed by atoms with van der Waals surface area (Å²) in [5, 5.41) is 0. The molecule has 2 atom stereocenters. The third-order valence-corrected chi connectivity index (χ3v) is 5.97. The second-order valence-electron chi connectivity index (χ2n) is 7.12. The van der Waals surface area contributed by atoms with Crippen LogP contribution in [0.25, 0.3) is 11.4 Å². The van der Waals surface area contributed by atoms with Crippen molar-refractivity contribution >= 4 is 27.6 Å². The molecule has 0 radical (unpaired) electrons. The van der Waals surface area contributed by atoms with Crippen molar-refractivity contribution in [1.82, 2.24) is 24.5 Å². The maximum Gasteiger partial charge on any atom is 0.255 e. The summed E-state index contributed by atoms with van der Waals surface area (Å²) < 4.78 is 2.46. The van der Waals surface area contributed by atoms with Crippen LogP contribution in [0, 0.1) is 0 Å². The fourth-order valence-electron chi connectivity index (χ4n) is 4.12. The first kappa shape index (κ1) is 17.3. The normalized spacial score (nSPS) is 20.8. The van der Waals surface area contributed by atoms with Gasteiger partial charge in [-0.2, -0.15) is 0 Å². The van der Waals surface area contributed by atoms with Crippen LogP contribution in [0.15, 0.2) is 52.4 Å². The van der Waals surface area contributed by atoms with Gasteiger partial charge in [0.25, 0.3) is 5.56 Å². The van der Waals surface area contributed by atoms with Crippen LogP contribution >= 0.6 is 15.9 Å². The second kappa shape index (κ2) is 6.66. The molecule has 8 nitrogen and oxygen atoms in total. The summed E-state index contributed by atoms with van der Waals surface area (Å²) in [5.74, 6) is 0.696. The zero-order valence-corrected chi connectivity index (χ0v) is 16.8. The lowest BCUT2D eigenvalue weighted by Crippen LogP contribution is -2.48. The average molecular weight is 440 g/mol. The van der Waals surface area contributed by atoms with Gasteiger partial charge >= 0.3 is 0 Å². The molecule has 142 valence electrons. The van der Waals surface area contributed by atoms with E-state index >= 15 is 0 Å². The van der Waals surface area contributed by atoms with E-state index in [0.717, 1.165) is 29.8 Å². The Bertz CT molecular complexity index is 1070. The molecule has 0 aliphatic carbocycles. The predicted molar refractivity (Wildman–Crippen MR) is 109 cm³/mol. The Labute approximate surface area is 170 Å². The monoisotopic (exact) mass is 439 g/mol. The molecular formula is C19H18BrN7O. The topological polar surface area (TPSA) is 80.0 Å². The van der Waals surface area contributed by atoms with Crippen molar-refractivity contribution in [2.75, 3.05) is 22.9 Å². The molecule has 2 saturated heterocycles. The number of pyridine rings is 1. The average Bonchev–Trinajstić information content (AvgIpc) is 3.32. The molecule has 0 spiro atoms. The standard InChI is InChI=1S/C19H18BrN7O/c1-25-18(28)7-16(15-4-5-21-11-23-15)24-19(25)27-10-13-6-14(27)9-26(13)12-2-3-17(20)22-8-12/h2-5,7-8,11,13-14H,6,9-10H2,1H3/t13?,14-/m1/s1. The number of hydrogen-bond acceptors (Lipinski definition) is 7. The number of fused-ring (bicyclic) bond motifs is 2. The van der Waals surface area contributed by atoms with Gasteiger partial charge < -0.3 is 9.80 Å². The molecule has 0 saturated carbocycles. The van der Waals surface area contributed by atoms with Crippen LogP contribution in [0.1, 0.15) is 6.42 Å². The van der Waals surface area contributed by atoms with Crippen LogP contribution in [0.2, 0.25) is 0 Å². The minimum absolute atomic E-state index is 0.0876. The number of hydrogen-bond donors (Lipinski definition) is 0. The highest BCUT2D eigenvalue weighted by Crippen LogP contribution is 2.36. The molecule has 0 aromatic carbocycles. The first-order valence-corrected chi connectivity index (χ1v) is 9.89. The largest absolute Gasteiger partial charge is 0.363 e. The van der Waals surface area contributed by atoms with Crippen LogP contribution in [0.4, 0.5) is 11.6 Å². The van der Waals surface area contributed by atoms with Crippen molar-refractivity contribution in [3.8, 4) is 11.4 Å². The van der Waals surface area contributed by atoms with Crippen LogP contribution in [0.3, 0.4) is 0 Å². The first-order valence-electron chi connectivity index (χ1n) is 9.09. The molecular weight excluding hydrogens is 422 g/mol. The molecule has 5 rings (SSSR count). The van der Waals surface area contributed by atoms with E-state index < -0.39 is 0 Å². The number of aromatic nitrogens is 5. The maximum atomic E-state index is 12.5. The Morgan fingerprint density at radius 3 is 2.57 bits per heavy atom. The van der Waals surface area contributed by atoms with Gasteiger partial charge in [-0.25, -0.2) is 19.9 Å². The summed E-state index contributed by atoms with van der Waals surface area (Å²) in [4.78, 5) is 34.5. The Morgan fingerprint density at radius 1 is 1.07 bits per heavy atom. The van der Waals surface area contributed by atoms with Crippen LogP contribution in [0.5, 0.6) is 0 Å². The van der Waals surface area contributed by atoms with E-state index in [-0.39, 0.29) is 5.56 Å². The lowest BCUT2D eigenvalue weighted by Gasteiger charge is -2.36. The molecule has 1 unspecified atom stereocenters. The SMILES string of the molecule is Cn1c(N2CC3C[C@@H]2CN3c2ccc(Br)nc2)nc(-c2ccncn2)cc1=O. The predicted octanol–water partition coefficient (Wildman–Crippen LogP) is 1.86. The van der Waals surface area contributed by atoms with Gasteiger partial charge in [0.05, 0.1) is 29.3 Å². The van der Waals surface area contributed by atoms with Gasteiger partial charge in [0, 0.05) is 38.4 Å². The highest BCUT2D eigenvalue weighted by Gasteiger charge is 2.44. The summed E-state index contributed by atoms with van der Waals surface area (Å²) in [7, 11) is 1.77. The highest BCUT2D eigenvalue weighted by molar-refractivity contribution is 9.10. The third-order valence-electron chi connectivity index (χ3n) is 5.50. The Balaban J connectivity index is 1.45. The highest BCUT2D eigenvalue weighted by atomic mass is 79.9. The summed E-state index contributed by atoms with van der Waals surface area (Å²) in [6.07, 6.45) is 6.07. The summed E-state index contributed by atoms with van der Waals surface area (Å²) in [6.45, 7) is 1.72. The van der Waals surface area contributed by atoms with Gasteiger partial charge in [0.2, 0.25) is 5.95 Å². The van der Waals surface area contributed by atoms with Gasteiger partial charge in [0.1, 0.15) is 10.9 Å². The number of piperazine rings is 1.